The van der Waals surface area contributed by atoms with E-state index in [2.05, 4.69) is 0 Å². The number of hydrogen-bond donors (Lipinski definition) is 0. The van der Waals surface area contributed by atoms with Crippen molar-refractivity contribution >= 4 is 40.3 Å². The molecule has 0 N–H and O–H groups in total. The summed E-state index contributed by atoms with van der Waals surface area (Å²) >= 11 is 6.41. The highest BCUT2D eigenvalue weighted by molar-refractivity contribution is 8.26. The topological polar surface area (TPSA) is 38.8 Å². The largest absolute Gasteiger partial charge is 0.493 e. The number of nitrogens with zero attached hydrogens (tertiary/aromatic N) is 1. The Labute approximate surface area is 134 Å². The van der Waals surface area contributed by atoms with Crippen molar-refractivity contribution in [2.75, 3.05) is 14.2 Å². The molecule has 1 aliphatic rings. The lowest BCUT2D eigenvalue weighted by Crippen LogP contribution is -2.22. The third kappa shape index (κ3) is 3.57. The zero-order valence-electron chi connectivity index (χ0n) is 12.4. The highest BCUT2D eigenvalue weighted by Crippen LogP contribution is 2.34. The van der Waals surface area contributed by atoms with Crippen molar-refractivity contribution in [2.45, 2.75) is 20.0 Å². The average molecular weight is 323 g/mol. The van der Waals surface area contributed by atoms with Gasteiger partial charge in [-0.15, -0.1) is 0 Å². The molecule has 1 heterocycles. The molecular formula is C15H17NO3S2. The van der Waals surface area contributed by atoms with Crippen molar-refractivity contribution in [1.82, 2.24) is 4.90 Å². The standard InChI is InChI=1S/C15H17NO3S2/c1-9(2)19-11-6-5-10(7-12(11)18-4)8-13-14(17)16(3)15(20)21-13/h5-9H,1-4H3/b13-8+. The molecule has 0 aliphatic carbocycles. The molecular weight excluding hydrogens is 306 g/mol. The van der Waals surface area contributed by atoms with Crippen LogP contribution in [0.2, 0.25) is 0 Å². The zero-order valence-corrected chi connectivity index (χ0v) is 14.0. The average Bonchev–Trinajstić information content (AvgIpc) is 2.67. The summed E-state index contributed by atoms with van der Waals surface area (Å²) < 4.78 is 11.6. The molecule has 0 atom stereocenters. The Balaban J connectivity index is 2.30. The number of hydrogen-bond acceptors (Lipinski definition) is 5. The molecule has 21 heavy (non-hydrogen) atoms. The highest BCUT2D eigenvalue weighted by Gasteiger charge is 2.28. The van der Waals surface area contributed by atoms with Crippen molar-refractivity contribution in [3.8, 4) is 11.5 Å². The van der Waals surface area contributed by atoms with Crippen molar-refractivity contribution in [3.05, 3.63) is 28.7 Å². The van der Waals surface area contributed by atoms with Crippen molar-refractivity contribution < 1.29 is 14.3 Å². The minimum atomic E-state index is -0.0773. The van der Waals surface area contributed by atoms with E-state index in [1.165, 1.54) is 16.7 Å². The molecule has 6 heteroatoms. The van der Waals surface area contributed by atoms with Crippen LogP contribution >= 0.6 is 24.0 Å². The molecule has 1 saturated heterocycles. The first-order valence-electron chi connectivity index (χ1n) is 6.48. The Morgan fingerprint density at radius 1 is 1.33 bits per heavy atom. The van der Waals surface area contributed by atoms with Gasteiger partial charge in [-0.05, 0) is 37.6 Å². The van der Waals surface area contributed by atoms with Gasteiger partial charge in [0.05, 0.1) is 18.1 Å². The lowest BCUT2D eigenvalue weighted by molar-refractivity contribution is -0.121. The van der Waals surface area contributed by atoms with E-state index in [9.17, 15) is 4.79 Å². The molecule has 1 amide bonds. The Bertz CT molecular complexity index is 611. The number of thiocarbonyl (C=S) groups is 1. The minimum absolute atomic E-state index is 0.0705. The molecule has 0 bridgehead atoms. The number of benzene rings is 1. The minimum Gasteiger partial charge on any atom is -0.493 e. The van der Waals surface area contributed by atoms with E-state index >= 15 is 0 Å². The summed E-state index contributed by atoms with van der Waals surface area (Å²) in [7, 11) is 3.27. The van der Waals surface area contributed by atoms with Gasteiger partial charge in [0, 0.05) is 7.05 Å². The van der Waals surface area contributed by atoms with Gasteiger partial charge in [0.2, 0.25) is 0 Å². The van der Waals surface area contributed by atoms with E-state index in [-0.39, 0.29) is 12.0 Å². The molecule has 1 fully saturated rings. The SMILES string of the molecule is COc1cc(/C=C2/SC(=S)N(C)C2=O)ccc1OC(C)C. The fourth-order valence-electron chi connectivity index (χ4n) is 1.82. The molecule has 0 spiro atoms. The maximum Gasteiger partial charge on any atom is 0.265 e. The van der Waals surface area contributed by atoms with Gasteiger partial charge in [0.25, 0.3) is 5.91 Å². The number of amides is 1. The Hall–Kier alpha value is -1.53. The van der Waals surface area contributed by atoms with Gasteiger partial charge in [-0.25, -0.2) is 0 Å². The van der Waals surface area contributed by atoms with Crippen molar-refractivity contribution in [1.29, 1.82) is 0 Å². The predicted molar refractivity (Wildman–Crippen MR) is 89.7 cm³/mol. The first kappa shape index (κ1) is 15.9. The smallest absolute Gasteiger partial charge is 0.265 e. The molecule has 0 saturated carbocycles. The third-order valence-electron chi connectivity index (χ3n) is 2.83. The fourth-order valence-corrected chi connectivity index (χ4v) is 3.00. The molecule has 112 valence electrons. The molecule has 0 aromatic heterocycles. The number of methoxy groups -OCH3 is 1. The van der Waals surface area contributed by atoms with E-state index in [4.69, 9.17) is 21.7 Å². The number of thioether (sulfide) groups is 1. The number of ether oxygens (including phenoxy) is 2. The summed E-state index contributed by atoms with van der Waals surface area (Å²) in [6.45, 7) is 3.92. The number of likely N-dealkylation sites (N-methyl/N-ethyl adjacent to an activating group) is 1. The van der Waals surface area contributed by atoms with Gasteiger partial charge in [-0.1, -0.05) is 30.0 Å². The van der Waals surface area contributed by atoms with Gasteiger partial charge in [0.15, 0.2) is 11.5 Å². The summed E-state index contributed by atoms with van der Waals surface area (Å²) in [5, 5.41) is 0. The molecule has 2 rings (SSSR count). The van der Waals surface area contributed by atoms with Gasteiger partial charge >= 0.3 is 0 Å². The summed E-state index contributed by atoms with van der Waals surface area (Å²) in [6.07, 6.45) is 1.88. The monoisotopic (exact) mass is 323 g/mol. The van der Waals surface area contributed by atoms with Crippen LogP contribution in [0.3, 0.4) is 0 Å². The van der Waals surface area contributed by atoms with Crippen LogP contribution in [0.15, 0.2) is 23.1 Å². The van der Waals surface area contributed by atoms with Crippen LogP contribution in [-0.4, -0.2) is 35.4 Å². The summed E-state index contributed by atoms with van der Waals surface area (Å²) in [5.74, 6) is 1.25. The molecule has 0 unspecified atom stereocenters. The van der Waals surface area contributed by atoms with Gasteiger partial charge in [0.1, 0.15) is 4.32 Å². The van der Waals surface area contributed by atoms with Crippen molar-refractivity contribution in [2.24, 2.45) is 0 Å². The van der Waals surface area contributed by atoms with Crippen LogP contribution in [0.1, 0.15) is 19.4 Å². The zero-order chi connectivity index (χ0) is 15.6. The second kappa shape index (κ2) is 6.49. The molecule has 1 aromatic rings. The molecule has 4 nitrogen and oxygen atoms in total. The van der Waals surface area contributed by atoms with Gasteiger partial charge < -0.3 is 9.47 Å². The first-order valence-corrected chi connectivity index (χ1v) is 7.71. The normalized spacial score (nSPS) is 17.0. The van der Waals surface area contributed by atoms with Crippen LogP contribution in [0.4, 0.5) is 0 Å². The molecule has 1 aliphatic heterocycles. The van der Waals surface area contributed by atoms with Crippen LogP contribution < -0.4 is 9.47 Å². The number of carbonyl (C=O) groups excluding carboxylic acids is 1. The van der Waals surface area contributed by atoms with E-state index in [0.29, 0.717) is 20.7 Å². The Kier molecular flexibility index (Phi) is 4.90. The highest BCUT2D eigenvalue weighted by atomic mass is 32.2. The van der Waals surface area contributed by atoms with Crippen LogP contribution in [0, 0.1) is 0 Å². The third-order valence-corrected chi connectivity index (χ3v) is 4.32. The number of carbonyl (C=O) groups is 1. The Morgan fingerprint density at radius 3 is 2.57 bits per heavy atom. The lowest BCUT2D eigenvalue weighted by Gasteiger charge is -2.13. The lowest BCUT2D eigenvalue weighted by atomic mass is 10.2. The quantitative estimate of drug-likeness (QED) is 0.628. The van der Waals surface area contributed by atoms with Crippen LogP contribution in [0.25, 0.3) is 6.08 Å². The predicted octanol–water partition coefficient (Wildman–Crippen LogP) is 3.31. The van der Waals surface area contributed by atoms with E-state index < -0.39 is 0 Å². The van der Waals surface area contributed by atoms with E-state index in [0.717, 1.165) is 5.56 Å². The van der Waals surface area contributed by atoms with Gasteiger partial charge in [-0.3, -0.25) is 9.69 Å². The fraction of sp³-hybridized carbons (Fsp3) is 0.333. The summed E-state index contributed by atoms with van der Waals surface area (Å²) in [4.78, 5) is 14.1. The van der Waals surface area contributed by atoms with Crippen molar-refractivity contribution in [3.63, 3.8) is 0 Å². The second-order valence-electron chi connectivity index (χ2n) is 4.82. The summed E-state index contributed by atoms with van der Waals surface area (Å²) in [6, 6.07) is 5.58. The Morgan fingerprint density at radius 2 is 2.05 bits per heavy atom. The molecule has 1 aromatic carbocycles. The van der Waals surface area contributed by atoms with Crippen LogP contribution in [0.5, 0.6) is 11.5 Å². The maximum atomic E-state index is 12.0. The van der Waals surface area contributed by atoms with Gasteiger partial charge in [-0.2, -0.15) is 0 Å². The van der Waals surface area contributed by atoms with Crippen LogP contribution in [-0.2, 0) is 4.79 Å². The van der Waals surface area contributed by atoms with E-state index in [1.807, 2.05) is 38.1 Å². The second-order valence-corrected chi connectivity index (χ2v) is 6.49. The first-order chi connectivity index (χ1) is 9.92. The van der Waals surface area contributed by atoms with E-state index in [1.54, 1.807) is 14.2 Å². The number of rotatable bonds is 4. The molecule has 0 radical (unpaired) electrons. The maximum absolute atomic E-state index is 12.0. The summed E-state index contributed by atoms with van der Waals surface area (Å²) in [5.41, 5.74) is 0.872.